The SMILES string of the molecule is Cc1ccc(=O)n(CC(=O)N(C)CCC#N)n1. The molecule has 1 heterocycles. The second kappa shape index (κ2) is 5.80. The lowest BCUT2D eigenvalue weighted by atomic mass is 10.4. The first kappa shape index (κ1) is 12.9. The van der Waals surface area contributed by atoms with Crippen LogP contribution in [0.1, 0.15) is 12.1 Å². The highest BCUT2D eigenvalue weighted by atomic mass is 16.2. The summed E-state index contributed by atoms with van der Waals surface area (Å²) in [5.74, 6) is -0.236. The van der Waals surface area contributed by atoms with Gasteiger partial charge in [0.15, 0.2) is 0 Å². The van der Waals surface area contributed by atoms with Crippen molar-refractivity contribution < 1.29 is 4.79 Å². The highest BCUT2D eigenvalue weighted by Crippen LogP contribution is 1.91. The molecule has 1 aromatic rings. The second-order valence-corrected chi connectivity index (χ2v) is 3.69. The number of aromatic nitrogens is 2. The number of carbonyl (C=O) groups excluding carboxylic acids is 1. The minimum absolute atomic E-state index is 0.0948. The van der Waals surface area contributed by atoms with E-state index in [0.29, 0.717) is 12.2 Å². The Labute approximate surface area is 99.1 Å². The number of hydrogen-bond donors (Lipinski definition) is 0. The fraction of sp³-hybridized carbons (Fsp3) is 0.455. The summed E-state index contributed by atoms with van der Waals surface area (Å²) in [6.07, 6.45) is 0.276. The van der Waals surface area contributed by atoms with Crippen LogP contribution in [0.25, 0.3) is 0 Å². The largest absolute Gasteiger partial charge is 0.343 e. The summed E-state index contributed by atoms with van der Waals surface area (Å²) in [5.41, 5.74) is 0.370. The van der Waals surface area contributed by atoms with Crippen molar-refractivity contribution in [2.45, 2.75) is 19.9 Å². The van der Waals surface area contributed by atoms with E-state index in [1.807, 2.05) is 6.07 Å². The van der Waals surface area contributed by atoms with Crippen molar-refractivity contribution in [1.29, 1.82) is 5.26 Å². The Morgan fingerprint density at radius 2 is 2.29 bits per heavy atom. The Hall–Kier alpha value is -2.16. The van der Waals surface area contributed by atoms with Gasteiger partial charge in [-0.25, -0.2) is 4.68 Å². The van der Waals surface area contributed by atoms with Gasteiger partial charge in [-0.1, -0.05) is 0 Å². The Kier molecular flexibility index (Phi) is 4.40. The zero-order valence-electron chi connectivity index (χ0n) is 9.88. The van der Waals surface area contributed by atoms with Gasteiger partial charge in [0.25, 0.3) is 5.56 Å². The predicted molar refractivity (Wildman–Crippen MR) is 61.1 cm³/mol. The summed E-state index contributed by atoms with van der Waals surface area (Å²) in [7, 11) is 1.60. The van der Waals surface area contributed by atoms with Crippen LogP contribution in [0.4, 0.5) is 0 Å². The smallest absolute Gasteiger partial charge is 0.267 e. The predicted octanol–water partition coefficient (Wildman–Crippen LogP) is -0.0762. The first-order chi connectivity index (χ1) is 8.04. The number of nitriles is 1. The van der Waals surface area contributed by atoms with Gasteiger partial charge in [-0.2, -0.15) is 10.4 Å². The fourth-order valence-electron chi connectivity index (χ4n) is 1.26. The van der Waals surface area contributed by atoms with E-state index in [4.69, 9.17) is 5.26 Å². The van der Waals surface area contributed by atoms with Crippen molar-refractivity contribution in [3.63, 3.8) is 0 Å². The molecule has 6 nitrogen and oxygen atoms in total. The average Bonchev–Trinajstić information content (AvgIpc) is 2.30. The van der Waals surface area contributed by atoms with Crippen molar-refractivity contribution in [2.75, 3.05) is 13.6 Å². The van der Waals surface area contributed by atoms with Crippen molar-refractivity contribution in [3.8, 4) is 6.07 Å². The van der Waals surface area contributed by atoms with Crippen LogP contribution >= 0.6 is 0 Å². The van der Waals surface area contributed by atoms with E-state index in [0.717, 1.165) is 4.68 Å². The third-order valence-electron chi connectivity index (χ3n) is 2.27. The van der Waals surface area contributed by atoms with Crippen LogP contribution < -0.4 is 5.56 Å². The van der Waals surface area contributed by atoms with Crippen molar-refractivity contribution in [1.82, 2.24) is 14.7 Å². The summed E-state index contributed by atoms with van der Waals surface area (Å²) in [6, 6.07) is 4.94. The lowest BCUT2D eigenvalue weighted by Crippen LogP contribution is -2.35. The lowest BCUT2D eigenvalue weighted by Gasteiger charge is -2.15. The molecule has 0 aliphatic carbocycles. The van der Waals surface area contributed by atoms with Crippen LogP contribution in [0.2, 0.25) is 0 Å². The Morgan fingerprint density at radius 3 is 2.94 bits per heavy atom. The normalized spacial score (nSPS) is 9.71. The van der Waals surface area contributed by atoms with Gasteiger partial charge in [0.05, 0.1) is 18.2 Å². The van der Waals surface area contributed by atoms with E-state index in [2.05, 4.69) is 5.10 Å². The first-order valence-corrected chi connectivity index (χ1v) is 5.20. The molecule has 0 saturated heterocycles. The first-order valence-electron chi connectivity index (χ1n) is 5.20. The van der Waals surface area contributed by atoms with Gasteiger partial charge in [0.2, 0.25) is 5.91 Å². The maximum absolute atomic E-state index is 11.7. The van der Waals surface area contributed by atoms with Gasteiger partial charge in [-0.3, -0.25) is 9.59 Å². The van der Waals surface area contributed by atoms with Crippen LogP contribution in [0.3, 0.4) is 0 Å². The fourth-order valence-corrected chi connectivity index (χ4v) is 1.26. The van der Waals surface area contributed by atoms with E-state index in [1.165, 1.54) is 11.0 Å². The summed E-state index contributed by atoms with van der Waals surface area (Å²) >= 11 is 0. The number of carbonyl (C=O) groups is 1. The monoisotopic (exact) mass is 234 g/mol. The van der Waals surface area contributed by atoms with E-state index in [9.17, 15) is 9.59 Å². The molecule has 90 valence electrons. The van der Waals surface area contributed by atoms with Gasteiger partial charge in [0, 0.05) is 19.7 Å². The van der Waals surface area contributed by atoms with Gasteiger partial charge in [-0.05, 0) is 13.0 Å². The zero-order valence-corrected chi connectivity index (χ0v) is 9.88. The van der Waals surface area contributed by atoms with Crippen LogP contribution in [-0.4, -0.2) is 34.2 Å². The molecule has 0 aliphatic heterocycles. The standard InChI is InChI=1S/C11H14N4O2/c1-9-4-5-10(16)15(13-9)8-11(17)14(2)7-3-6-12/h4-5H,3,7-8H2,1-2H3. The van der Waals surface area contributed by atoms with Crippen molar-refractivity contribution in [3.05, 3.63) is 28.2 Å². The Bertz CT molecular complexity index is 501. The van der Waals surface area contributed by atoms with Crippen LogP contribution in [0, 0.1) is 18.3 Å². The molecule has 0 atom stereocenters. The van der Waals surface area contributed by atoms with Crippen LogP contribution in [-0.2, 0) is 11.3 Å². The highest BCUT2D eigenvalue weighted by molar-refractivity contribution is 5.75. The molecule has 0 N–H and O–H groups in total. The van der Waals surface area contributed by atoms with Crippen LogP contribution in [0.5, 0.6) is 0 Å². The quantitative estimate of drug-likeness (QED) is 0.730. The van der Waals surface area contributed by atoms with Gasteiger partial charge >= 0.3 is 0 Å². The summed E-state index contributed by atoms with van der Waals surface area (Å²) < 4.78 is 1.13. The molecule has 1 amide bonds. The third-order valence-corrected chi connectivity index (χ3v) is 2.27. The number of hydrogen-bond acceptors (Lipinski definition) is 4. The maximum Gasteiger partial charge on any atom is 0.267 e. The number of likely N-dealkylation sites (N-methyl/N-ethyl adjacent to an activating group) is 1. The molecule has 0 saturated carbocycles. The molecule has 1 rings (SSSR count). The highest BCUT2D eigenvalue weighted by Gasteiger charge is 2.10. The zero-order chi connectivity index (χ0) is 12.8. The molecular weight excluding hydrogens is 220 g/mol. The molecule has 0 bridgehead atoms. The van der Waals surface area contributed by atoms with E-state index >= 15 is 0 Å². The number of nitrogens with zero attached hydrogens (tertiary/aromatic N) is 4. The molecule has 0 fully saturated rings. The van der Waals surface area contributed by atoms with E-state index in [-0.39, 0.29) is 24.4 Å². The van der Waals surface area contributed by atoms with E-state index in [1.54, 1.807) is 20.0 Å². The molecule has 1 aromatic heterocycles. The minimum Gasteiger partial charge on any atom is -0.343 e. The molecular formula is C11H14N4O2. The minimum atomic E-state index is -0.308. The van der Waals surface area contributed by atoms with Gasteiger partial charge in [0.1, 0.15) is 6.54 Å². The molecule has 0 unspecified atom stereocenters. The topological polar surface area (TPSA) is 79.0 Å². The summed E-state index contributed by atoms with van der Waals surface area (Å²) in [4.78, 5) is 24.5. The van der Waals surface area contributed by atoms with Crippen molar-refractivity contribution >= 4 is 5.91 Å². The lowest BCUT2D eigenvalue weighted by molar-refractivity contribution is -0.130. The number of aryl methyl sites for hydroxylation is 1. The van der Waals surface area contributed by atoms with Gasteiger partial charge < -0.3 is 4.90 Å². The molecule has 0 spiro atoms. The molecule has 6 heteroatoms. The van der Waals surface area contributed by atoms with Crippen LogP contribution in [0.15, 0.2) is 16.9 Å². The van der Waals surface area contributed by atoms with Crippen molar-refractivity contribution in [2.24, 2.45) is 0 Å². The molecule has 0 aliphatic rings. The number of amides is 1. The van der Waals surface area contributed by atoms with E-state index < -0.39 is 0 Å². The Morgan fingerprint density at radius 1 is 1.59 bits per heavy atom. The summed E-state index contributed by atoms with van der Waals surface area (Å²) in [5, 5.41) is 12.4. The number of rotatable bonds is 4. The average molecular weight is 234 g/mol. The Balaban J connectivity index is 2.71. The molecule has 0 aromatic carbocycles. The molecule has 0 radical (unpaired) electrons. The van der Waals surface area contributed by atoms with Gasteiger partial charge in [-0.15, -0.1) is 0 Å². The third kappa shape index (κ3) is 3.72. The molecule has 17 heavy (non-hydrogen) atoms. The maximum atomic E-state index is 11.7. The summed E-state index contributed by atoms with van der Waals surface area (Å²) in [6.45, 7) is 2.01. The second-order valence-electron chi connectivity index (χ2n) is 3.69.